The summed E-state index contributed by atoms with van der Waals surface area (Å²) < 4.78 is 10.7. The molecule has 0 atom stereocenters. The Hall–Kier alpha value is -2.28. The highest BCUT2D eigenvalue weighted by molar-refractivity contribution is 6.30. The van der Waals surface area contributed by atoms with Crippen molar-refractivity contribution in [3.8, 4) is 5.75 Å². The molecule has 142 valence electrons. The highest BCUT2D eigenvalue weighted by Gasteiger charge is 2.33. The minimum atomic E-state index is -1.26. The van der Waals surface area contributed by atoms with Gasteiger partial charge >= 0.3 is 5.97 Å². The van der Waals surface area contributed by atoms with Gasteiger partial charge in [-0.3, -0.25) is 9.59 Å². The van der Waals surface area contributed by atoms with Crippen molar-refractivity contribution in [2.45, 2.75) is 32.3 Å². The number of halogens is 1. The maximum absolute atomic E-state index is 12.3. The molecule has 2 amide bonds. The van der Waals surface area contributed by atoms with Crippen LogP contribution in [0.3, 0.4) is 0 Å². The number of amides is 2. The second-order valence-electron chi connectivity index (χ2n) is 6.70. The molecule has 0 aliphatic carbocycles. The van der Waals surface area contributed by atoms with Gasteiger partial charge in [0.2, 0.25) is 5.91 Å². The topological polar surface area (TPSA) is 98.9 Å². The van der Waals surface area contributed by atoms with Gasteiger partial charge in [0.05, 0.1) is 0 Å². The molecule has 1 heterocycles. The number of esters is 1. The van der Waals surface area contributed by atoms with Crippen LogP contribution in [0.5, 0.6) is 5.75 Å². The summed E-state index contributed by atoms with van der Waals surface area (Å²) in [5, 5.41) is 0.559. The van der Waals surface area contributed by atoms with E-state index in [2.05, 4.69) is 0 Å². The molecule has 7 nitrogen and oxygen atoms in total. The van der Waals surface area contributed by atoms with Gasteiger partial charge in [-0.2, -0.15) is 0 Å². The zero-order valence-electron chi connectivity index (χ0n) is 14.9. The first-order valence-electron chi connectivity index (χ1n) is 8.38. The van der Waals surface area contributed by atoms with E-state index in [1.165, 1.54) is 0 Å². The Balaban J connectivity index is 1.82. The lowest BCUT2D eigenvalue weighted by molar-refractivity contribution is -0.164. The van der Waals surface area contributed by atoms with Gasteiger partial charge in [0.15, 0.2) is 12.2 Å². The van der Waals surface area contributed by atoms with E-state index in [0.29, 0.717) is 36.7 Å². The molecule has 0 saturated carbocycles. The van der Waals surface area contributed by atoms with Crippen LogP contribution in [-0.2, 0) is 19.1 Å². The molecule has 8 heteroatoms. The quantitative estimate of drug-likeness (QED) is 0.756. The Morgan fingerprint density at radius 3 is 2.31 bits per heavy atom. The molecule has 1 aromatic carbocycles. The zero-order valence-corrected chi connectivity index (χ0v) is 15.6. The largest absolute Gasteiger partial charge is 0.476 e. The number of primary amides is 1. The van der Waals surface area contributed by atoms with Crippen molar-refractivity contribution in [2.75, 3.05) is 19.7 Å². The second-order valence-corrected chi connectivity index (χ2v) is 7.14. The van der Waals surface area contributed by atoms with Crippen LogP contribution in [-0.4, -0.2) is 48.0 Å². The predicted octanol–water partition coefficient (Wildman–Crippen LogP) is 1.76. The third kappa shape index (κ3) is 5.36. The van der Waals surface area contributed by atoms with Crippen LogP contribution in [0.1, 0.15) is 26.7 Å². The van der Waals surface area contributed by atoms with Crippen molar-refractivity contribution in [1.29, 1.82) is 0 Å². The average Bonchev–Trinajstić information content (AvgIpc) is 2.61. The standard InChI is InChI=1S/C18H23ClN2O5/c1-18(2,26-14-5-3-13(19)4-6-14)17(24)25-11-15(22)21-9-7-12(8-10-21)16(20)23/h3-6,12H,7-11H2,1-2H3,(H2,20,23). The first-order valence-corrected chi connectivity index (χ1v) is 8.76. The molecule has 1 aliphatic rings. The van der Waals surface area contributed by atoms with Gasteiger partial charge in [0.1, 0.15) is 5.75 Å². The normalized spacial score (nSPS) is 15.4. The second kappa shape index (κ2) is 8.40. The minimum absolute atomic E-state index is 0.201. The number of hydrogen-bond acceptors (Lipinski definition) is 5. The Morgan fingerprint density at radius 1 is 1.19 bits per heavy atom. The lowest BCUT2D eigenvalue weighted by Crippen LogP contribution is -2.45. The summed E-state index contributed by atoms with van der Waals surface area (Å²) in [6, 6.07) is 6.59. The molecule has 0 unspecified atom stereocenters. The molecule has 1 aromatic rings. The highest BCUT2D eigenvalue weighted by atomic mass is 35.5. The van der Waals surface area contributed by atoms with Crippen molar-refractivity contribution in [1.82, 2.24) is 4.90 Å². The molecule has 0 aromatic heterocycles. The molecule has 2 rings (SSSR count). The number of carbonyl (C=O) groups is 3. The van der Waals surface area contributed by atoms with Gasteiger partial charge in [-0.05, 0) is 51.0 Å². The van der Waals surface area contributed by atoms with Crippen LogP contribution < -0.4 is 10.5 Å². The fraction of sp³-hybridized carbons (Fsp3) is 0.500. The van der Waals surface area contributed by atoms with E-state index in [4.69, 9.17) is 26.8 Å². The molecular weight excluding hydrogens is 360 g/mol. The first-order chi connectivity index (χ1) is 12.2. The molecule has 0 radical (unpaired) electrons. The summed E-state index contributed by atoms with van der Waals surface area (Å²) in [7, 11) is 0. The summed E-state index contributed by atoms with van der Waals surface area (Å²) in [6.45, 7) is 3.61. The van der Waals surface area contributed by atoms with E-state index in [0.717, 1.165) is 0 Å². The van der Waals surface area contributed by atoms with E-state index >= 15 is 0 Å². The summed E-state index contributed by atoms with van der Waals surface area (Å²) in [4.78, 5) is 37.2. The molecule has 0 spiro atoms. The van der Waals surface area contributed by atoms with Gasteiger partial charge in [-0.25, -0.2) is 4.79 Å². The fourth-order valence-electron chi connectivity index (χ4n) is 2.64. The van der Waals surface area contributed by atoms with Crippen molar-refractivity contribution in [3.05, 3.63) is 29.3 Å². The number of carbonyl (C=O) groups excluding carboxylic acids is 3. The van der Waals surface area contributed by atoms with Gasteiger partial charge < -0.3 is 20.1 Å². The number of rotatable bonds is 6. The molecule has 1 fully saturated rings. The summed E-state index contributed by atoms with van der Waals surface area (Å²) in [6.07, 6.45) is 1.06. The van der Waals surface area contributed by atoms with Crippen LogP contribution in [0.25, 0.3) is 0 Å². The first kappa shape index (κ1) is 20.0. The van der Waals surface area contributed by atoms with Crippen molar-refractivity contribution in [3.63, 3.8) is 0 Å². The summed E-state index contributed by atoms with van der Waals surface area (Å²) in [5.74, 6) is -1.02. The molecule has 2 N–H and O–H groups in total. The lowest BCUT2D eigenvalue weighted by atomic mass is 9.96. The van der Waals surface area contributed by atoms with Crippen LogP contribution in [0.2, 0.25) is 5.02 Å². The van der Waals surface area contributed by atoms with Crippen LogP contribution >= 0.6 is 11.6 Å². The highest BCUT2D eigenvalue weighted by Crippen LogP contribution is 2.22. The van der Waals surface area contributed by atoms with E-state index in [-0.39, 0.29) is 24.3 Å². The van der Waals surface area contributed by atoms with Crippen molar-refractivity contribution in [2.24, 2.45) is 11.7 Å². The molecule has 1 aliphatic heterocycles. The van der Waals surface area contributed by atoms with Gasteiger partial charge in [-0.1, -0.05) is 11.6 Å². The van der Waals surface area contributed by atoms with E-state index in [9.17, 15) is 14.4 Å². The van der Waals surface area contributed by atoms with Crippen molar-refractivity contribution >= 4 is 29.4 Å². The van der Waals surface area contributed by atoms with E-state index in [1.807, 2.05) is 0 Å². The van der Waals surface area contributed by atoms with Crippen LogP contribution in [0, 0.1) is 5.92 Å². The Morgan fingerprint density at radius 2 is 1.77 bits per heavy atom. The Bertz CT molecular complexity index is 667. The third-order valence-electron chi connectivity index (χ3n) is 4.25. The lowest BCUT2D eigenvalue weighted by Gasteiger charge is -2.31. The molecule has 0 bridgehead atoms. The average molecular weight is 383 g/mol. The SMILES string of the molecule is CC(C)(Oc1ccc(Cl)cc1)C(=O)OCC(=O)N1CCC(C(N)=O)CC1. The van der Waals surface area contributed by atoms with E-state index in [1.54, 1.807) is 43.0 Å². The zero-order chi connectivity index (χ0) is 19.3. The Kier molecular flexibility index (Phi) is 6.47. The molecule has 26 heavy (non-hydrogen) atoms. The smallest absolute Gasteiger partial charge is 0.350 e. The van der Waals surface area contributed by atoms with Gasteiger partial charge in [0, 0.05) is 24.0 Å². The maximum atomic E-state index is 12.3. The number of ether oxygens (including phenoxy) is 2. The monoisotopic (exact) mass is 382 g/mol. The summed E-state index contributed by atoms with van der Waals surface area (Å²) in [5.41, 5.74) is 4.02. The van der Waals surface area contributed by atoms with Gasteiger partial charge in [0.25, 0.3) is 5.91 Å². The Labute approximate surface area is 157 Å². The minimum Gasteiger partial charge on any atom is -0.476 e. The number of nitrogens with two attached hydrogens (primary N) is 1. The van der Waals surface area contributed by atoms with Crippen LogP contribution in [0.15, 0.2) is 24.3 Å². The van der Waals surface area contributed by atoms with Gasteiger partial charge in [-0.15, -0.1) is 0 Å². The molecule has 1 saturated heterocycles. The number of benzene rings is 1. The number of likely N-dealkylation sites (tertiary alicyclic amines) is 1. The number of piperidine rings is 1. The van der Waals surface area contributed by atoms with Crippen molar-refractivity contribution < 1.29 is 23.9 Å². The predicted molar refractivity (Wildman–Crippen MR) is 95.6 cm³/mol. The fourth-order valence-corrected chi connectivity index (χ4v) is 2.77. The number of nitrogens with zero attached hydrogens (tertiary/aromatic N) is 1. The maximum Gasteiger partial charge on any atom is 0.350 e. The summed E-state index contributed by atoms with van der Waals surface area (Å²) >= 11 is 5.82. The van der Waals surface area contributed by atoms with Crippen LogP contribution in [0.4, 0.5) is 0 Å². The third-order valence-corrected chi connectivity index (χ3v) is 4.51. The number of hydrogen-bond donors (Lipinski definition) is 1. The van der Waals surface area contributed by atoms with E-state index < -0.39 is 11.6 Å². The molecular formula is C18H23ClN2O5.